The molecule has 3 aliphatic carbocycles. The predicted octanol–water partition coefficient (Wildman–Crippen LogP) is 5.63. The molecule has 7 rings (SSSR count). The number of nitrogens with one attached hydrogen (secondary N) is 2. The molecule has 0 amide bonds. The Balaban J connectivity index is 0.00000384. The van der Waals surface area contributed by atoms with E-state index in [1.807, 2.05) is 18.2 Å². The summed E-state index contributed by atoms with van der Waals surface area (Å²) in [7, 11) is 3.25. The van der Waals surface area contributed by atoms with Crippen molar-refractivity contribution in [3.63, 3.8) is 0 Å². The molecule has 5 atom stereocenters. The van der Waals surface area contributed by atoms with E-state index in [1.54, 1.807) is 23.7 Å². The number of nitrogens with zero attached hydrogens (tertiary/aromatic N) is 4. The fourth-order valence-corrected chi connectivity index (χ4v) is 7.62. The van der Waals surface area contributed by atoms with Gasteiger partial charge in [-0.25, -0.2) is 14.4 Å². The number of hydrogen-bond acceptors (Lipinski definition) is 5. The Bertz CT molecular complexity index is 1600. The van der Waals surface area contributed by atoms with Crippen LogP contribution in [0, 0.1) is 29.0 Å². The minimum atomic E-state index is -0.321. The number of anilines is 1. The van der Waals surface area contributed by atoms with Crippen molar-refractivity contribution in [2.45, 2.75) is 72.9 Å². The van der Waals surface area contributed by atoms with Crippen molar-refractivity contribution >= 4 is 22.5 Å². The van der Waals surface area contributed by atoms with E-state index in [1.165, 1.54) is 19.6 Å². The average molecular weight is 605 g/mol. The maximum absolute atomic E-state index is 14.6. The molecule has 1 aliphatic heterocycles. The smallest absolute Gasteiger partial charge is 0.261 e. The number of aliphatic imine (C=N–C) groups is 1. The Morgan fingerprint density at radius 1 is 1.18 bits per heavy atom. The second-order valence-corrected chi connectivity index (χ2v) is 13.5. The van der Waals surface area contributed by atoms with Gasteiger partial charge in [-0.1, -0.05) is 34.3 Å². The summed E-state index contributed by atoms with van der Waals surface area (Å²) in [5.74, 6) is 3.67. The molecule has 2 heterocycles. The third-order valence-electron chi connectivity index (χ3n) is 10.6. The first-order valence-electron chi connectivity index (χ1n) is 15.7. The fourth-order valence-electron chi connectivity index (χ4n) is 7.62. The highest BCUT2D eigenvalue weighted by Gasteiger charge is 2.56. The standard InChI is InChI=1S/C34H45FN6O2.CH4/c1-20-19-41(14-13-36-20)33(39-29-16-23-15-27(21(29)2)34(23,3)4)37-24-9-11-26-30(17-24)38-31(40(5)32(26)42)12-8-22-7-10-25(43-6)18-28(22)35;/h7,9-11,17-18,20-21,23,27,29,36H,8,12-16,19H2,1-6H3,(H,37,39);1H4/t20-,21-,23+,27-,29?;/m0./s1. The molecule has 44 heavy (non-hydrogen) atoms. The van der Waals surface area contributed by atoms with Crippen LogP contribution in [0.2, 0.25) is 0 Å². The van der Waals surface area contributed by atoms with Gasteiger partial charge in [0.1, 0.15) is 17.4 Å². The Labute approximate surface area is 261 Å². The molecule has 9 heteroatoms. The van der Waals surface area contributed by atoms with Gasteiger partial charge in [-0.2, -0.15) is 0 Å². The summed E-state index contributed by atoms with van der Waals surface area (Å²) in [5.41, 5.74) is 2.36. The van der Waals surface area contributed by atoms with Gasteiger partial charge in [0.2, 0.25) is 0 Å². The summed E-state index contributed by atoms with van der Waals surface area (Å²) in [4.78, 5) is 25.9. The lowest BCUT2D eigenvalue weighted by Crippen LogP contribution is -2.57. The first-order valence-corrected chi connectivity index (χ1v) is 15.7. The zero-order chi connectivity index (χ0) is 30.5. The van der Waals surface area contributed by atoms with E-state index in [2.05, 4.69) is 43.2 Å². The van der Waals surface area contributed by atoms with Gasteiger partial charge < -0.3 is 20.3 Å². The number of benzene rings is 2. The number of fused-ring (bicyclic) bond motifs is 3. The Kier molecular flexibility index (Phi) is 9.08. The predicted molar refractivity (Wildman–Crippen MR) is 177 cm³/mol. The van der Waals surface area contributed by atoms with Crippen molar-refractivity contribution in [2.75, 3.05) is 32.1 Å². The molecule has 1 aromatic heterocycles. The van der Waals surface area contributed by atoms with Crippen molar-refractivity contribution in [2.24, 2.45) is 35.2 Å². The van der Waals surface area contributed by atoms with Gasteiger partial charge in [0.25, 0.3) is 5.56 Å². The summed E-state index contributed by atoms with van der Waals surface area (Å²) >= 11 is 0. The molecule has 2 N–H and O–H groups in total. The van der Waals surface area contributed by atoms with Crippen molar-refractivity contribution in [3.05, 3.63) is 64.0 Å². The third-order valence-corrected chi connectivity index (χ3v) is 10.6. The minimum Gasteiger partial charge on any atom is -0.497 e. The number of hydrogen-bond donors (Lipinski definition) is 2. The summed E-state index contributed by atoms with van der Waals surface area (Å²) < 4.78 is 21.3. The third kappa shape index (κ3) is 5.95. The minimum absolute atomic E-state index is 0. The maximum atomic E-state index is 14.6. The van der Waals surface area contributed by atoms with Crippen LogP contribution in [0.15, 0.2) is 46.2 Å². The zero-order valence-electron chi connectivity index (χ0n) is 26.3. The van der Waals surface area contributed by atoms with Crippen LogP contribution in [-0.2, 0) is 19.9 Å². The molecule has 8 nitrogen and oxygen atoms in total. The summed E-state index contributed by atoms with van der Waals surface area (Å²) in [6.45, 7) is 12.1. The average Bonchev–Trinajstić information content (AvgIpc) is 2.98. The first kappa shape index (κ1) is 31.9. The lowest BCUT2D eigenvalue weighted by molar-refractivity contribution is -0.108. The molecule has 238 valence electrons. The Morgan fingerprint density at radius 2 is 1.98 bits per heavy atom. The van der Waals surface area contributed by atoms with Gasteiger partial charge in [-0.3, -0.25) is 9.36 Å². The van der Waals surface area contributed by atoms with Crippen LogP contribution >= 0.6 is 0 Å². The molecule has 0 spiro atoms. The Morgan fingerprint density at radius 3 is 2.66 bits per heavy atom. The van der Waals surface area contributed by atoms with Crippen LogP contribution < -0.4 is 20.9 Å². The number of aromatic nitrogens is 2. The largest absolute Gasteiger partial charge is 0.497 e. The molecule has 4 aliphatic rings. The van der Waals surface area contributed by atoms with Gasteiger partial charge in [-0.15, -0.1) is 0 Å². The monoisotopic (exact) mass is 604 g/mol. The lowest BCUT2D eigenvalue weighted by Gasteiger charge is -2.61. The number of aryl methyl sites for hydroxylation is 2. The van der Waals surface area contributed by atoms with E-state index in [4.69, 9.17) is 14.7 Å². The highest BCUT2D eigenvalue weighted by Crippen LogP contribution is 2.61. The maximum Gasteiger partial charge on any atom is 0.261 e. The van der Waals surface area contributed by atoms with Crippen LogP contribution in [0.5, 0.6) is 5.75 Å². The van der Waals surface area contributed by atoms with Crippen LogP contribution in [0.1, 0.15) is 59.4 Å². The van der Waals surface area contributed by atoms with E-state index in [0.717, 1.165) is 43.6 Å². The molecule has 0 radical (unpaired) electrons. The van der Waals surface area contributed by atoms with Crippen LogP contribution in [0.25, 0.3) is 10.9 Å². The molecular weight excluding hydrogens is 555 g/mol. The fraction of sp³-hybridized carbons (Fsp3) is 0.571. The van der Waals surface area contributed by atoms with Gasteiger partial charge in [0.05, 0.1) is 24.1 Å². The second-order valence-electron chi connectivity index (χ2n) is 13.5. The second kappa shape index (κ2) is 12.5. The topological polar surface area (TPSA) is 83.8 Å². The SMILES string of the molecule is C.COc1ccc(CCc2nc3cc(NC(=NC4C[C@H]5C[C@@H]([C@@H]4C)C5(C)C)N4CCN[C@@H](C)C4)ccc3c(=O)n2C)c(F)c1. The van der Waals surface area contributed by atoms with Gasteiger partial charge in [-0.05, 0) is 79.2 Å². The normalized spacial score (nSPS) is 26.1. The number of ether oxygens (including phenoxy) is 1. The lowest BCUT2D eigenvalue weighted by atomic mass is 9.45. The van der Waals surface area contributed by atoms with Gasteiger partial charge in [0, 0.05) is 50.9 Å². The zero-order valence-corrected chi connectivity index (χ0v) is 26.3. The van der Waals surface area contributed by atoms with Crippen molar-refractivity contribution in [1.29, 1.82) is 0 Å². The molecule has 1 unspecified atom stereocenters. The highest BCUT2D eigenvalue weighted by molar-refractivity contribution is 5.96. The molecule has 2 aromatic carbocycles. The van der Waals surface area contributed by atoms with Crippen LogP contribution in [0.4, 0.5) is 10.1 Å². The van der Waals surface area contributed by atoms with E-state index in [9.17, 15) is 9.18 Å². The molecule has 3 aromatic rings. The number of rotatable bonds is 6. The van der Waals surface area contributed by atoms with E-state index in [0.29, 0.717) is 70.2 Å². The van der Waals surface area contributed by atoms with Crippen LogP contribution in [0.3, 0.4) is 0 Å². The van der Waals surface area contributed by atoms with E-state index >= 15 is 0 Å². The number of methoxy groups -OCH3 is 1. The van der Waals surface area contributed by atoms with Gasteiger partial charge in [0.15, 0.2) is 5.96 Å². The van der Waals surface area contributed by atoms with E-state index in [-0.39, 0.29) is 18.8 Å². The Hall–Kier alpha value is -3.46. The highest BCUT2D eigenvalue weighted by atomic mass is 19.1. The van der Waals surface area contributed by atoms with Gasteiger partial charge >= 0.3 is 0 Å². The first-order chi connectivity index (χ1) is 20.5. The molecule has 3 saturated carbocycles. The molecule has 1 saturated heterocycles. The number of halogens is 1. The van der Waals surface area contributed by atoms with Crippen molar-refractivity contribution < 1.29 is 9.13 Å². The van der Waals surface area contributed by atoms with Crippen molar-refractivity contribution in [1.82, 2.24) is 19.8 Å². The number of guanidine groups is 1. The molecular formula is C35H49FN6O2. The number of piperazine rings is 1. The summed E-state index contributed by atoms with van der Waals surface area (Å²) in [6, 6.07) is 11.3. The molecule has 4 fully saturated rings. The summed E-state index contributed by atoms with van der Waals surface area (Å²) in [6.07, 6.45) is 3.32. The quantitative estimate of drug-likeness (QED) is 0.280. The summed E-state index contributed by atoms with van der Waals surface area (Å²) in [5, 5.41) is 7.75. The molecule has 2 bridgehead atoms. The van der Waals surface area contributed by atoms with E-state index < -0.39 is 0 Å². The van der Waals surface area contributed by atoms with Crippen LogP contribution in [-0.4, -0.2) is 59.2 Å². The van der Waals surface area contributed by atoms with Crippen molar-refractivity contribution in [3.8, 4) is 5.75 Å².